The number of rotatable bonds is 11. The maximum Gasteiger partial charge on any atom is 0.234 e. The molecule has 1 atom stereocenters. The summed E-state index contributed by atoms with van der Waals surface area (Å²) in [6, 6.07) is 14.2. The van der Waals surface area contributed by atoms with E-state index in [0.29, 0.717) is 40.3 Å². The molecular weight excluding hydrogens is 440 g/mol. The van der Waals surface area contributed by atoms with Gasteiger partial charge in [0, 0.05) is 17.8 Å². The van der Waals surface area contributed by atoms with Gasteiger partial charge in [-0.05, 0) is 50.2 Å². The molecular formula is C24H26N4O4S. The molecule has 0 aliphatic rings. The van der Waals surface area contributed by atoms with Gasteiger partial charge >= 0.3 is 0 Å². The number of hydrogen-bond acceptors (Lipinski definition) is 7. The van der Waals surface area contributed by atoms with Crippen LogP contribution < -0.4 is 14.8 Å². The van der Waals surface area contributed by atoms with Crippen molar-refractivity contribution < 1.29 is 19.1 Å². The smallest absolute Gasteiger partial charge is 0.234 e. The third-order valence-corrected chi connectivity index (χ3v) is 5.67. The van der Waals surface area contributed by atoms with Crippen LogP contribution in [0.25, 0.3) is 0 Å². The molecule has 33 heavy (non-hydrogen) atoms. The number of benzene rings is 2. The van der Waals surface area contributed by atoms with Gasteiger partial charge in [0.1, 0.15) is 0 Å². The Hall–Kier alpha value is -3.59. The molecule has 0 aliphatic carbocycles. The molecule has 2 aromatic carbocycles. The number of carbonyl (C=O) groups is 2. The monoisotopic (exact) mass is 466 g/mol. The number of allylic oxidation sites excluding steroid dienone is 1. The molecule has 0 saturated heterocycles. The lowest BCUT2D eigenvalue weighted by Gasteiger charge is -2.17. The summed E-state index contributed by atoms with van der Waals surface area (Å²) in [6.45, 7) is 7.66. The lowest BCUT2D eigenvalue weighted by atomic mass is 10.1. The lowest BCUT2D eigenvalue weighted by Crippen LogP contribution is -2.15. The molecule has 1 N–H and O–H groups in total. The molecule has 172 valence electrons. The van der Waals surface area contributed by atoms with Gasteiger partial charge in [0.05, 0.1) is 12.9 Å². The molecule has 0 bridgehead atoms. The highest BCUT2D eigenvalue weighted by Crippen LogP contribution is 2.31. The van der Waals surface area contributed by atoms with Crippen molar-refractivity contribution in [3.05, 3.63) is 72.6 Å². The lowest BCUT2D eigenvalue weighted by molar-refractivity contribution is -0.113. The van der Waals surface area contributed by atoms with Crippen molar-refractivity contribution in [2.45, 2.75) is 31.7 Å². The van der Waals surface area contributed by atoms with Crippen LogP contribution in [0.15, 0.2) is 66.3 Å². The summed E-state index contributed by atoms with van der Waals surface area (Å²) >= 11 is 1.27. The van der Waals surface area contributed by atoms with Gasteiger partial charge < -0.3 is 14.8 Å². The van der Waals surface area contributed by atoms with Crippen molar-refractivity contribution in [2.24, 2.45) is 0 Å². The molecule has 3 rings (SSSR count). The van der Waals surface area contributed by atoms with E-state index >= 15 is 0 Å². The number of ketones is 1. The second kappa shape index (κ2) is 11.3. The number of Topliss-reactive ketones (excluding diaryl/α,β-unsaturated/α-hetero) is 1. The Kier molecular flexibility index (Phi) is 8.26. The van der Waals surface area contributed by atoms with Crippen molar-refractivity contribution in [2.75, 3.05) is 18.2 Å². The number of nitrogens with zero attached hydrogens (tertiary/aromatic N) is 3. The molecule has 0 aliphatic heterocycles. The predicted molar refractivity (Wildman–Crippen MR) is 128 cm³/mol. The van der Waals surface area contributed by atoms with Crippen LogP contribution in [0.3, 0.4) is 0 Å². The largest absolute Gasteiger partial charge is 0.493 e. The zero-order valence-electron chi connectivity index (χ0n) is 18.8. The third-order valence-electron chi connectivity index (χ3n) is 4.70. The maximum absolute atomic E-state index is 12.4. The SMILES string of the molecule is C=CCn1c(SCC(=O)Nc2ccc(C(C)=O)cc2)nnc1C(C)Oc1ccccc1OC. The molecule has 0 fully saturated rings. The molecule has 1 heterocycles. The van der Waals surface area contributed by atoms with Crippen LogP contribution in [0.4, 0.5) is 5.69 Å². The van der Waals surface area contributed by atoms with Gasteiger partial charge in [-0.2, -0.15) is 0 Å². The van der Waals surface area contributed by atoms with E-state index in [1.807, 2.05) is 35.8 Å². The zero-order chi connectivity index (χ0) is 23.8. The number of thioether (sulfide) groups is 1. The summed E-state index contributed by atoms with van der Waals surface area (Å²) in [4.78, 5) is 23.8. The van der Waals surface area contributed by atoms with E-state index in [0.717, 1.165) is 0 Å². The Morgan fingerprint density at radius 1 is 1.15 bits per heavy atom. The van der Waals surface area contributed by atoms with Crippen LogP contribution in [0.1, 0.15) is 36.1 Å². The van der Waals surface area contributed by atoms with Gasteiger partial charge in [0.15, 0.2) is 34.4 Å². The average Bonchev–Trinajstić information content (AvgIpc) is 3.21. The van der Waals surface area contributed by atoms with E-state index in [4.69, 9.17) is 9.47 Å². The fraction of sp³-hybridized carbons (Fsp3) is 0.250. The quantitative estimate of drug-likeness (QED) is 0.252. The average molecular weight is 467 g/mol. The molecule has 3 aromatic rings. The minimum atomic E-state index is -0.406. The Bertz CT molecular complexity index is 1130. The molecule has 8 nitrogen and oxygen atoms in total. The number of carbonyl (C=O) groups excluding carboxylic acids is 2. The van der Waals surface area contributed by atoms with Crippen molar-refractivity contribution in [1.82, 2.24) is 14.8 Å². The van der Waals surface area contributed by atoms with Crippen molar-refractivity contribution in [3.8, 4) is 11.5 Å². The van der Waals surface area contributed by atoms with Gasteiger partial charge in [-0.15, -0.1) is 16.8 Å². The number of anilines is 1. The van der Waals surface area contributed by atoms with Crippen molar-refractivity contribution >= 4 is 29.1 Å². The third kappa shape index (κ3) is 6.23. The molecule has 1 unspecified atom stereocenters. The molecule has 1 aromatic heterocycles. The summed E-state index contributed by atoms with van der Waals surface area (Å²) in [7, 11) is 1.59. The minimum Gasteiger partial charge on any atom is -0.493 e. The van der Waals surface area contributed by atoms with Crippen LogP contribution in [-0.4, -0.2) is 39.3 Å². The van der Waals surface area contributed by atoms with Gasteiger partial charge in [-0.1, -0.05) is 30.0 Å². The van der Waals surface area contributed by atoms with E-state index < -0.39 is 6.10 Å². The van der Waals surface area contributed by atoms with E-state index in [2.05, 4.69) is 22.1 Å². The number of ether oxygens (including phenoxy) is 2. The fourth-order valence-corrected chi connectivity index (χ4v) is 3.84. The number of amides is 1. The van der Waals surface area contributed by atoms with Gasteiger partial charge in [-0.25, -0.2) is 0 Å². The Morgan fingerprint density at radius 2 is 1.85 bits per heavy atom. The summed E-state index contributed by atoms with van der Waals surface area (Å²) in [5.41, 5.74) is 1.22. The molecule has 0 spiro atoms. The summed E-state index contributed by atoms with van der Waals surface area (Å²) in [5.74, 6) is 1.77. The van der Waals surface area contributed by atoms with Gasteiger partial charge in [0.25, 0.3) is 0 Å². The Balaban J connectivity index is 1.66. The Labute approximate surface area is 197 Å². The summed E-state index contributed by atoms with van der Waals surface area (Å²) in [6.07, 6.45) is 1.33. The standard InChI is InChI=1S/C24H26N4O4S/c1-5-14-28-23(17(3)32-21-9-7-6-8-20(21)31-4)26-27-24(28)33-15-22(30)25-19-12-10-18(11-13-19)16(2)29/h5-13,17H,1,14-15H2,2-4H3,(H,25,30). The second-order valence-electron chi connectivity index (χ2n) is 7.12. The van der Waals surface area contributed by atoms with Crippen LogP contribution in [0, 0.1) is 0 Å². The van der Waals surface area contributed by atoms with Gasteiger partial charge in [0.2, 0.25) is 5.91 Å². The normalized spacial score (nSPS) is 11.5. The van der Waals surface area contributed by atoms with Gasteiger partial charge in [-0.3, -0.25) is 14.2 Å². The van der Waals surface area contributed by atoms with Crippen LogP contribution in [0.2, 0.25) is 0 Å². The number of nitrogens with one attached hydrogen (secondary N) is 1. The molecule has 0 saturated carbocycles. The highest BCUT2D eigenvalue weighted by molar-refractivity contribution is 7.99. The van der Waals surface area contributed by atoms with Crippen LogP contribution >= 0.6 is 11.8 Å². The van der Waals surface area contributed by atoms with Crippen molar-refractivity contribution in [3.63, 3.8) is 0 Å². The fourth-order valence-electron chi connectivity index (χ4n) is 3.08. The van der Waals surface area contributed by atoms with Crippen molar-refractivity contribution in [1.29, 1.82) is 0 Å². The zero-order valence-corrected chi connectivity index (χ0v) is 19.6. The first-order chi connectivity index (χ1) is 15.9. The first-order valence-electron chi connectivity index (χ1n) is 10.3. The minimum absolute atomic E-state index is 0.0234. The van der Waals surface area contributed by atoms with E-state index in [9.17, 15) is 9.59 Å². The first kappa shape index (κ1) is 24.1. The highest BCUT2D eigenvalue weighted by Gasteiger charge is 2.21. The first-order valence-corrected chi connectivity index (χ1v) is 11.3. The van der Waals surface area contributed by atoms with E-state index in [1.165, 1.54) is 18.7 Å². The number of methoxy groups -OCH3 is 1. The number of aromatic nitrogens is 3. The molecule has 0 radical (unpaired) electrons. The summed E-state index contributed by atoms with van der Waals surface area (Å²) < 4.78 is 13.3. The van der Waals surface area contributed by atoms with E-state index in [-0.39, 0.29) is 17.4 Å². The predicted octanol–water partition coefficient (Wildman–Crippen LogP) is 4.55. The highest BCUT2D eigenvalue weighted by atomic mass is 32.2. The van der Waals surface area contributed by atoms with Crippen LogP contribution in [0.5, 0.6) is 11.5 Å². The second-order valence-corrected chi connectivity index (χ2v) is 8.06. The Morgan fingerprint density at radius 3 is 2.48 bits per heavy atom. The summed E-state index contributed by atoms with van der Waals surface area (Å²) in [5, 5.41) is 11.9. The maximum atomic E-state index is 12.4. The molecule has 1 amide bonds. The molecule has 9 heteroatoms. The number of hydrogen-bond donors (Lipinski definition) is 1. The van der Waals surface area contributed by atoms with Crippen LogP contribution in [-0.2, 0) is 11.3 Å². The van der Waals surface area contributed by atoms with E-state index in [1.54, 1.807) is 37.5 Å². The number of para-hydroxylation sites is 2. The topological polar surface area (TPSA) is 95.3 Å².